The molecule has 152 valence electrons. The van der Waals surface area contributed by atoms with Gasteiger partial charge in [-0.25, -0.2) is 0 Å². The molecular formula is C25H28BrO2P. The summed E-state index contributed by atoms with van der Waals surface area (Å²) in [5.41, 5.74) is 0. The van der Waals surface area contributed by atoms with Crippen molar-refractivity contribution in [3.63, 3.8) is 0 Å². The molecule has 3 rings (SSSR count). The van der Waals surface area contributed by atoms with Gasteiger partial charge in [-0.2, -0.15) is 0 Å². The van der Waals surface area contributed by atoms with E-state index in [9.17, 15) is 4.79 Å². The molecule has 0 radical (unpaired) electrons. The van der Waals surface area contributed by atoms with Crippen LogP contribution < -0.4 is 32.9 Å². The lowest BCUT2D eigenvalue weighted by molar-refractivity contribution is -0.140. The fourth-order valence-corrected chi connectivity index (χ4v) is 8.19. The van der Waals surface area contributed by atoms with Crippen LogP contribution in [0.25, 0.3) is 0 Å². The average molecular weight is 471 g/mol. The van der Waals surface area contributed by atoms with Gasteiger partial charge in [-0.1, -0.05) is 54.6 Å². The molecule has 0 bridgehead atoms. The van der Waals surface area contributed by atoms with E-state index >= 15 is 0 Å². The third-order valence-electron chi connectivity index (χ3n) is 5.19. The second-order valence-corrected chi connectivity index (χ2v) is 10.5. The molecule has 29 heavy (non-hydrogen) atoms. The highest BCUT2D eigenvalue weighted by Gasteiger charge is 2.44. The van der Waals surface area contributed by atoms with E-state index in [4.69, 9.17) is 4.74 Å². The van der Waals surface area contributed by atoms with Crippen molar-refractivity contribution in [2.24, 2.45) is 0 Å². The maximum absolute atomic E-state index is 11.4. The van der Waals surface area contributed by atoms with Gasteiger partial charge in [0.05, 0.1) is 13.3 Å². The second kappa shape index (κ2) is 11.9. The molecule has 0 saturated carbocycles. The first-order valence-electron chi connectivity index (χ1n) is 9.89. The summed E-state index contributed by atoms with van der Waals surface area (Å²) in [6, 6.07) is 32.8. The van der Waals surface area contributed by atoms with Crippen molar-refractivity contribution in [2.45, 2.75) is 25.7 Å². The van der Waals surface area contributed by atoms with Crippen molar-refractivity contribution >= 4 is 29.1 Å². The van der Waals surface area contributed by atoms with Gasteiger partial charge in [-0.3, -0.25) is 4.79 Å². The minimum atomic E-state index is -1.74. The van der Waals surface area contributed by atoms with Crippen LogP contribution in [0, 0.1) is 0 Å². The third kappa shape index (κ3) is 5.78. The van der Waals surface area contributed by atoms with Crippen LogP contribution in [0.1, 0.15) is 25.7 Å². The van der Waals surface area contributed by atoms with Crippen LogP contribution in [0.5, 0.6) is 0 Å². The number of hydrogen-bond acceptors (Lipinski definition) is 2. The van der Waals surface area contributed by atoms with Crippen LogP contribution in [0.15, 0.2) is 91.0 Å². The van der Waals surface area contributed by atoms with E-state index in [1.54, 1.807) is 0 Å². The zero-order valence-corrected chi connectivity index (χ0v) is 19.3. The van der Waals surface area contributed by atoms with Gasteiger partial charge in [0.25, 0.3) is 0 Å². The fourth-order valence-electron chi connectivity index (χ4n) is 3.78. The molecule has 0 aliphatic heterocycles. The van der Waals surface area contributed by atoms with E-state index in [1.807, 2.05) is 0 Å². The van der Waals surface area contributed by atoms with Gasteiger partial charge >= 0.3 is 5.97 Å². The van der Waals surface area contributed by atoms with E-state index in [0.29, 0.717) is 6.42 Å². The highest BCUT2D eigenvalue weighted by molar-refractivity contribution is 7.95. The minimum absolute atomic E-state index is 0. The summed E-state index contributed by atoms with van der Waals surface area (Å²) in [6.45, 7) is 0. The first-order chi connectivity index (χ1) is 13.8. The molecule has 3 aromatic carbocycles. The summed E-state index contributed by atoms with van der Waals surface area (Å²) in [4.78, 5) is 11.4. The Balaban J connectivity index is 0.00000300. The van der Waals surface area contributed by atoms with Crippen molar-refractivity contribution in [1.29, 1.82) is 0 Å². The van der Waals surface area contributed by atoms with Gasteiger partial charge in [0.15, 0.2) is 0 Å². The largest absolute Gasteiger partial charge is 1.00 e. The van der Waals surface area contributed by atoms with Crippen molar-refractivity contribution < 1.29 is 26.5 Å². The van der Waals surface area contributed by atoms with E-state index in [2.05, 4.69) is 91.0 Å². The number of unbranched alkanes of at least 4 members (excludes halogenated alkanes) is 2. The molecule has 0 fully saturated rings. The van der Waals surface area contributed by atoms with Gasteiger partial charge in [-0.05, 0) is 55.7 Å². The molecule has 0 atom stereocenters. The maximum Gasteiger partial charge on any atom is 0.305 e. The van der Waals surface area contributed by atoms with E-state index in [1.165, 1.54) is 23.0 Å². The summed E-state index contributed by atoms with van der Waals surface area (Å²) in [5.74, 6) is -0.116. The molecule has 0 amide bonds. The SMILES string of the molecule is COC(=O)CCCCC[P+](c1ccccc1)(c1ccccc1)c1ccccc1.[Br-]. The zero-order valence-electron chi connectivity index (χ0n) is 16.8. The smallest absolute Gasteiger partial charge is 0.305 e. The fraction of sp³-hybridized carbons (Fsp3) is 0.240. The predicted molar refractivity (Wildman–Crippen MR) is 120 cm³/mol. The number of halogens is 1. The van der Waals surface area contributed by atoms with Crippen molar-refractivity contribution in [1.82, 2.24) is 0 Å². The van der Waals surface area contributed by atoms with Crippen LogP contribution in [-0.4, -0.2) is 19.2 Å². The Morgan fingerprint density at radius 1 is 0.690 bits per heavy atom. The number of rotatable bonds is 9. The van der Waals surface area contributed by atoms with Crippen LogP contribution in [-0.2, 0) is 9.53 Å². The first kappa shape index (κ1) is 23.3. The number of carbonyl (C=O) groups excluding carboxylic acids is 1. The molecular weight excluding hydrogens is 443 g/mol. The molecule has 0 heterocycles. The van der Waals surface area contributed by atoms with Crippen LogP contribution in [0.4, 0.5) is 0 Å². The van der Waals surface area contributed by atoms with E-state index in [0.717, 1.165) is 25.4 Å². The zero-order chi connectivity index (χ0) is 19.7. The molecule has 0 unspecified atom stereocenters. The number of methoxy groups -OCH3 is 1. The Hall–Kier alpha value is -1.96. The third-order valence-corrected chi connectivity index (χ3v) is 9.72. The van der Waals surface area contributed by atoms with Crippen molar-refractivity contribution in [3.8, 4) is 0 Å². The summed E-state index contributed by atoms with van der Waals surface area (Å²) in [7, 11) is -0.283. The molecule has 3 aromatic rings. The van der Waals surface area contributed by atoms with Gasteiger partial charge < -0.3 is 21.7 Å². The highest BCUT2D eigenvalue weighted by atomic mass is 79.9. The Morgan fingerprint density at radius 3 is 1.48 bits per heavy atom. The Morgan fingerprint density at radius 2 is 1.10 bits per heavy atom. The van der Waals surface area contributed by atoms with Crippen LogP contribution in [0.3, 0.4) is 0 Å². The quantitative estimate of drug-likeness (QED) is 0.270. The normalized spacial score (nSPS) is 10.8. The van der Waals surface area contributed by atoms with Crippen molar-refractivity contribution in [3.05, 3.63) is 91.0 Å². The Labute approximate surface area is 185 Å². The number of ether oxygens (including phenoxy) is 1. The lowest BCUT2D eigenvalue weighted by atomic mass is 10.2. The second-order valence-electron chi connectivity index (χ2n) is 6.93. The monoisotopic (exact) mass is 470 g/mol. The molecule has 0 N–H and O–H groups in total. The van der Waals surface area contributed by atoms with Gasteiger partial charge in [0.1, 0.15) is 23.2 Å². The van der Waals surface area contributed by atoms with E-state index in [-0.39, 0.29) is 23.0 Å². The molecule has 4 heteroatoms. The predicted octanol–water partition coefficient (Wildman–Crippen LogP) is 1.72. The van der Waals surface area contributed by atoms with Gasteiger partial charge in [-0.15, -0.1) is 0 Å². The molecule has 0 aromatic heterocycles. The lowest BCUT2D eigenvalue weighted by Crippen LogP contribution is -3.00. The molecule has 0 aliphatic carbocycles. The van der Waals surface area contributed by atoms with Gasteiger partial charge in [0, 0.05) is 6.42 Å². The summed E-state index contributed by atoms with van der Waals surface area (Å²) < 4.78 is 4.77. The number of benzene rings is 3. The standard InChI is InChI=1S/C25H28O2P.BrH/c1-27-25(26)20-12-5-13-21-28(22-14-6-2-7-15-22,23-16-8-3-9-17-23)24-18-10-4-11-19-24;/h2-4,6-11,14-19H,5,12-13,20-21H2,1H3;1H/q+1;/p-1. The highest BCUT2D eigenvalue weighted by Crippen LogP contribution is 2.55. The average Bonchev–Trinajstić information content (AvgIpc) is 2.78. The molecule has 2 nitrogen and oxygen atoms in total. The van der Waals surface area contributed by atoms with Crippen molar-refractivity contribution in [2.75, 3.05) is 13.3 Å². The molecule has 0 spiro atoms. The summed E-state index contributed by atoms with van der Waals surface area (Å²) in [5, 5.41) is 4.25. The van der Waals surface area contributed by atoms with Crippen LogP contribution in [0.2, 0.25) is 0 Å². The van der Waals surface area contributed by atoms with Gasteiger partial charge in [0.2, 0.25) is 0 Å². The maximum atomic E-state index is 11.4. The lowest BCUT2D eigenvalue weighted by Gasteiger charge is -2.27. The first-order valence-corrected chi connectivity index (χ1v) is 11.9. The van der Waals surface area contributed by atoms with Crippen LogP contribution >= 0.6 is 7.26 Å². The summed E-state index contributed by atoms with van der Waals surface area (Å²) in [6.07, 6.45) is 4.61. The Bertz CT molecular complexity index is 757. The summed E-state index contributed by atoms with van der Waals surface area (Å²) >= 11 is 0. The Kier molecular flexibility index (Phi) is 9.57. The molecule has 0 aliphatic rings. The molecule has 0 saturated heterocycles. The van der Waals surface area contributed by atoms with E-state index < -0.39 is 7.26 Å². The minimum Gasteiger partial charge on any atom is -1.00 e. The number of hydrogen-bond donors (Lipinski definition) is 0. The topological polar surface area (TPSA) is 26.3 Å². The number of esters is 1. The number of carbonyl (C=O) groups is 1.